The maximum Gasteiger partial charge on any atom is 0.290 e. The first-order valence-corrected chi connectivity index (χ1v) is 17.4. The molecule has 4 rings (SSSR count). The summed E-state index contributed by atoms with van der Waals surface area (Å²) in [5.41, 5.74) is 4.84. The van der Waals surface area contributed by atoms with Crippen LogP contribution >= 0.6 is 0 Å². The van der Waals surface area contributed by atoms with Gasteiger partial charge in [0.1, 0.15) is 6.61 Å². The second-order valence-electron chi connectivity index (χ2n) is 15.1. The highest BCUT2D eigenvalue weighted by molar-refractivity contribution is 7.86. The van der Waals surface area contributed by atoms with Crippen molar-refractivity contribution in [3.05, 3.63) is 65.2 Å². The van der Waals surface area contributed by atoms with E-state index < -0.39 is 11.0 Å². The number of aromatic nitrogens is 2. The third-order valence-electron chi connectivity index (χ3n) is 7.93. The molecule has 258 valence electrons. The fourth-order valence-electron chi connectivity index (χ4n) is 6.65. The van der Waals surface area contributed by atoms with Crippen molar-refractivity contribution in [2.75, 3.05) is 17.9 Å². The average molecular weight is 667 g/mol. The highest BCUT2D eigenvalue weighted by atomic mass is 32.2. The van der Waals surface area contributed by atoms with Crippen LogP contribution in [-0.2, 0) is 20.5 Å². The number of benzene rings is 2. The molecule has 1 aromatic heterocycles. The molecule has 1 aliphatic rings. The van der Waals surface area contributed by atoms with Crippen LogP contribution in [0.3, 0.4) is 0 Å². The molecule has 0 bridgehead atoms. The summed E-state index contributed by atoms with van der Waals surface area (Å²) in [6.45, 7) is 22.8. The van der Waals surface area contributed by atoms with Gasteiger partial charge in [-0.1, -0.05) is 51.1 Å². The Hall–Kier alpha value is -3.34. The van der Waals surface area contributed by atoms with Crippen LogP contribution in [0.25, 0.3) is 11.3 Å². The number of ether oxygens (including phenoxy) is 2. The minimum Gasteiger partial charge on any atom is -0.483 e. The minimum absolute atomic E-state index is 0.113. The predicted molar refractivity (Wildman–Crippen MR) is 190 cm³/mol. The lowest BCUT2D eigenvalue weighted by molar-refractivity contribution is -0.172. The maximum absolute atomic E-state index is 13.3. The Kier molecular flexibility index (Phi) is 13.1. The van der Waals surface area contributed by atoms with Gasteiger partial charge in [-0.05, 0) is 114 Å². The van der Waals surface area contributed by atoms with E-state index in [0.717, 1.165) is 53.8 Å². The van der Waals surface area contributed by atoms with Gasteiger partial charge in [-0.25, -0.2) is 9.19 Å². The lowest BCUT2D eigenvalue weighted by Gasteiger charge is -2.45. The summed E-state index contributed by atoms with van der Waals surface area (Å²) in [4.78, 5) is 18.5. The molecule has 10 heteroatoms. The molecule has 2 unspecified atom stereocenters. The quantitative estimate of drug-likeness (QED) is 0.178. The third-order valence-corrected chi connectivity index (χ3v) is 8.98. The van der Waals surface area contributed by atoms with Gasteiger partial charge in [0.2, 0.25) is 11.8 Å². The highest BCUT2D eigenvalue weighted by Crippen LogP contribution is 2.38. The molecular weight excluding hydrogens is 612 g/mol. The van der Waals surface area contributed by atoms with Crippen LogP contribution < -0.4 is 14.8 Å². The van der Waals surface area contributed by atoms with Crippen LogP contribution in [0.15, 0.2) is 53.4 Å². The smallest absolute Gasteiger partial charge is 0.290 e. The van der Waals surface area contributed by atoms with Crippen molar-refractivity contribution in [2.45, 2.75) is 111 Å². The summed E-state index contributed by atoms with van der Waals surface area (Å²) in [5, 5.41) is 10.7. The van der Waals surface area contributed by atoms with Gasteiger partial charge < -0.3 is 19.9 Å². The molecular formula is C37H54N4O5S. The van der Waals surface area contributed by atoms with E-state index in [-0.39, 0.29) is 35.1 Å². The van der Waals surface area contributed by atoms with Gasteiger partial charge in [0.25, 0.3) is 6.47 Å². The number of hydrogen-bond donors (Lipinski definition) is 3. The van der Waals surface area contributed by atoms with Gasteiger partial charge in [-0.3, -0.25) is 9.52 Å². The first-order valence-electron chi connectivity index (χ1n) is 16.3. The van der Waals surface area contributed by atoms with Gasteiger partial charge in [-0.2, -0.15) is 4.98 Å². The van der Waals surface area contributed by atoms with E-state index in [2.05, 4.69) is 89.5 Å². The maximum atomic E-state index is 13.3. The van der Waals surface area contributed by atoms with Crippen molar-refractivity contribution in [3.63, 3.8) is 0 Å². The molecule has 0 radical (unpaired) electrons. The third kappa shape index (κ3) is 12.3. The van der Waals surface area contributed by atoms with Crippen molar-refractivity contribution in [1.82, 2.24) is 15.3 Å². The molecule has 0 spiro atoms. The van der Waals surface area contributed by atoms with E-state index in [9.17, 15) is 4.21 Å². The van der Waals surface area contributed by atoms with Crippen LogP contribution in [-0.4, -0.2) is 56.2 Å². The predicted octanol–water partition coefficient (Wildman–Crippen LogP) is 7.66. The van der Waals surface area contributed by atoms with Gasteiger partial charge in [0.15, 0.2) is 11.0 Å². The molecule has 2 atom stereocenters. The van der Waals surface area contributed by atoms with E-state index >= 15 is 0 Å². The van der Waals surface area contributed by atoms with Crippen molar-refractivity contribution >= 4 is 23.4 Å². The Labute approximate surface area is 283 Å². The standard InChI is InChI=1S/C36H52N4O3S.CH2O2/c1-24-13-11-16-29(17-24)44(41)40-33-38-30(32-25(2)14-12-15-26(32)3)18-31(39-33)42-23-28(21-34(4,5)6)37-22-27-19-35(7,8)43-36(9,10)20-27;2-1-3/h11-18,27-28,37H,19-23H2,1-10H3,(H,38,39,40);1H,(H,2,3). The van der Waals surface area contributed by atoms with E-state index in [1.807, 2.05) is 43.3 Å². The minimum atomic E-state index is -1.53. The first kappa shape index (κ1) is 38.1. The monoisotopic (exact) mass is 666 g/mol. The van der Waals surface area contributed by atoms with Gasteiger partial charge in [0, 0.05) is 17.7 Å². The SMILES string of the molecule is Cc1cccc(S(=O)Nc2nc(OCC(CC(C)(C)C)NCC3CC(C)(C)OC(C)(C)C3)cc(-c3c(C)cccc3C)n2)c1.O=CO. The summed E-state index contributed by atoms with van der Waals surface area (Å²) < 4.78 is 29.1. The zero-order valence-electron chi connectivity index (χ0n) is 29.8. The topological polar surface area (TPSA) is 123 Å². The highest BCUT2D eigenvalue weighted by Gasteiger charge is 2.39. The molecule has 0 amide bonds. The summed E-state index contributed by atoms with van der Waals surface area (Å²) >= 11 is 0. The number of nitrogens with one attached hydrogen (secondary N) is 2. The number of nitrogens with zero attached hydrogens (tertiary/aromatic N) is 2. The fourth-order valence-corrected chi connectivity index (χ4v) is 7.52. The van der Waals surface area contributed by atoms with Crippen molar-refractivity contribution in [1.29, 1.82) is 0 Å². The van der Waals surface area contributed by atoms with E-state index in [0.29, 0.717) is 23.3 Å². The molecule has 47 heavy (non-hydrogen) atoms. The molecule has 3 aromatic rings. The summed E-state index contributed by atoms with van der Waals surface area (Å²) in [5.74, 6) is 1.24. The second-order valence-corrected chi connectivity index (χ2v) is 16.3. The fraction of sp³-hybridized carbons (Fsp3) is 0.541. The van der Waals surface area contributed by atoms with Crippen LogP contribution in [0, 0.1) is 32.1 Å². The lowest BCUT2D eigenvalue weighted by atomic mass is 9.80. The molecule has 9 nitrogen and oxygen atoms in total. The van der Waals surface area contributed by atoms with Crippen LogP contribution in [0.5, 0.6) is 5.88 Å². The lowest BCUT2D eigenvalue weighted by Crippen LogP contribution is -2.49. The van der Waals surface area contributed by atoms with E-state index in [1.165, 1.54) is 0 Å². The Morgan fingerprint density at radius 1 is 1.02 bits per heavy atom. The van der Waals surface area contributed by atoms with Crippen molar-refractivity contribution in [3.8, 4) is 17.1 Å². The van der Waals surface area contributed by atoms with Gasteiger partial charge in [-0.15, -0.1) is 0 Å². The number of hydrogen-bond acceptors (Lipinski definition) is 7. The number of anilines is 1. The van der Waals surface area contributed by atoms with Gasteiger partial charge >= 0.3 is 0 Å². The molecule has 0 aliphatic carbocycles. The van der Waals surface area contributed by atoms with Crippen molar-refractivity contribution in [2.24, 2.45) is 11.3 Å². The molecule has 3 N–H and O–H groups in total. The molecule has 0 saturated carbocycles. The Bertz CT molecular complexity index is 1480. The summed E-state index contributed by atoms with van der Waals surface area (Å²) in [7, 11) is -1.53. The second kappa shape index (κ2) is 16.2. The Morgan fingerprint density at radius 2 is 1.62 bits per heavy atom. The molecule has 1 saturated heterocycles. The molecule has 2 aromatic carbocycles. The van der Waals surface area contributed by atoms with Crippen LogP contribution in [0.1, 0.15) is 84.4 Å². The zero-order valence-corrected chi connectivity index (χ0v) is 30.6. The number of aryl methyl sites for hydroxylation is 3. The number of carboxylic acid groups (broad SMARTS) is 1. The average Bonchev–Trinajstić information content (AvgIpc) is 2.92. The zero-order chi connectivity index (χ0) is 35.0. The largest absolute Gasteiger partial charge is 0.483 e. The molecule has 1 aliphatic heterocycles. The molecule has 2 heterocycles. The Morgan fingerprint density at radius 3 is 2.19 bits per heavy atom. The summed E-state index contributed by atoms with van der Waals surface area (Å²) in [6, 6.07) is 15.8. The molecule has 1 fully saturated rings. The normalized spacial score (nSPS) is 17.1. The van der Waals surface area contributed by atoms with Crippen LogP contribution in [0.2, 0.25) is 0 Å². The van der Waals surface area contributed by atoms with E-state index in [4.69, 9.17) is 24.4 Å². The van der Waals surface area contributed by atoms with Crippen LogP contribution in [0.4, 0.5) is 5.95 Å². The first-order chi connectivity index (χ1) is 21.9. The number of carbonyl (C=O) groups is 1. The summed E-state index contributed by atoms with van der Waals surface area (Å²) in [6.07, 6.45) is 2.98. The van der Waals surface area contributed by atoms with Gasteiger partial charge in [0.05, 0.1) is 21.8 Å². The Balaban J connectivity index is 0.00000192. The van der Waals surface area contributed by atoms with Crippen molar-refractivity contribution < 1.29 is 23.6 Å². The van der Waals surface area contributed by atoms with E-state index in [1.54, 1.807) is 0 Å². The number of rotatable bonds is 11.